The van der Waals surface area contributed by atoms with Crippen LogP contribution >= 0.6 is 27.0 Å². The number of benzene rings is 2. The predicted molar refractivity (Wildman–Crippen MR) is 269 cm³/mol. The molecule has 12 rings (SSSR count). The number of hydrogen-bond donors (Lipinski definition) is 5. The van der Waals surface area contributed by atoms with Crippen LogP contribution in [0.4, 0.5) is 5.82 Å². The largest absolute Gasteiger partial charge is 0.478 e. The van der Waals surface area contributed by atoms with Gasteiger partial charge in [0.15, 0.2) is 5.82 Å². The fraction of sp³-hybridized carbons (Fsp3) is 0.191. The highest BCUT2D eigenvalue weighted by molar-refractivity contribution is 7.59. The van der Waals surface area contributed by atoms with Crippen LogP contribution in [0.15, 0.2) is 132 Å². The summed E-state index contributed by atoms with van der Waals surface area (Å²) in [5.74, 6) is 0.0607. The second kappa shape index (κ2) is 19.3. The molecule has 69 heavy (non-hydrogen) atoms. The topological polar surface area (TPSA) is 280 Å². The zero-order chi connectivity index (χ0) is 45.1. The fourth-order valence-corrected chi connectivity index (χ4v) is 9.79. The number of aromatic amines is 2. The molecule has 1 saturated heterocycles. The molecule has 9 heterocycles. The Morgan fingerprint density at radius 1 is 0.638 bits per heavy atom. The van der Waals surface area contributed by atoms with Crippen molar-refractivity contribution in [2.24, 2.45) is 5.73 Å². The minimum absolute atomic E-state index is 0. The molecule has 0 spiro atoms. The van der Waals surface area contributed by atoms with Crippen LogP contribution in [0.1, 0.15) is 88.0 Å². The molecule has 2 aromatic carbocycles. The lowest BCUT2D eigenvalue weighted by Crippen LogP contribution is -2.33. The van der Waals surface area contributed by atoms with E-state index < -0.39 is 11.9 Å². The van der Waals surface area contributed by atoms with Crippen molar-refractivity contribution >= 4 is 77.8 Å². The number of anilines is 1. The number of fused-ring (bicyclic) bond motifs is 4. The number of carbonyl (C=O) groups is 2. The van der Waals surface area contributed by atoms with E-state index in [4.69, 9.17) is 15.9 Å². The molecule has 20 nitrogen and oxygen atoms in total. The first kappa shape index (κ1) is 47.4. The summed E-state index contributed by atoms with van der Waals surface area (Å²) in [6, 6.07) is 25.9. The Morgan fingerprint density at radius 3 is 1.80 bits per heavy atom. The predicted octanol–water partition coefficient (Wildman–Crippen LogP) is 6.09. The van der Waals surface area contributed by atoms with E-state index in [1.807, 2.05) is 72.8 Å². The van der Waals surface area contributed by atoms with Gasteiger partial charge in [0.25, 0.3) is 17.0 Å². The van der Waals surface area contributed by atoms with Gasteiger partial charge in [-0.15, -0.1) is 0 Å². The highest BCUT2D eigenvalue weighted by Crippen LogP contribution is 2.47. The standard InChI is InChI=1S/C24H20N6O3.C23H20N8O2.H3N.2H2S/c31-23-18-10-5-11-29(18)28-22(30(23)14-6-2-1-3-7-14)16-9-4-8-15(16)20-19-17(24(32)33)12-25-21(19)27-13-26-20;24-19(32)15-12-25-20-18(15)22(27-13-26-20)29-10-4-8-16(29)21-28-30-11-5-9-17(30)23(33)31(21)14-6-2-1-3-7-14;;;/h1-3,5-7,10-13,15-16H,4,8-9H2,(H,32,33)(H,25,26,27);1-3,5-7,9,11-13,16H,4,8,10H2,(H2,24,32)(H,25,26,27);1H3;2*1H2/t15?,16-;16-;;;/m10.../s1. The molecule has 2 fully saturated rings. The van der Waals surface area contributed by atoms with Gasteiger partial charge in [-0.2, -0.15) is 37.2 Å². The van der Waals surface area contributed by atoms with Crippen molar-refractivity contribution in [3.8, 4) is 11.4 Å². The number of nitrogens with zero attached hydrogens (tertiary/aromatic N) is 11. The number of H-pyrrole nitrogens is 2. The summed E-state index contributed by atoms with van der Waals surface area (Å²) in [5, 5.41) is 20.5. The SMILES string of the molecule is N.NC(=O)c1c[nH]c2ncnc(N3CCC[C@H]3c3nn4cccc4c(=O)n3-c3ccccc3)c12.O=C(O)c1c[nH]c2ncnc(C3CCC[C@H]3c3nn4cccc4c(=O)n3-c3ccccc3)c12.S.S. The van der Waals surface area contributed by atoms with Crippen LogP contribution < -0.4 is 27.9 Å². The third kappa shape index (κ3) is 8.06. The van der Waals surface area contributed by atoms with Gasteiger partial charge >= 0.3 is 5.97 Å². The molecule has 1 aliphatic heterocycles. The van der Waals surface area contributed by atoms with Crippen LogP contribution in [0, 0.1) is 0 Å². The number of carboxylic acids is 1. The zero-order valence-electron chi connectivity index (χ0n) is 36.8. The molecule has 8 N–H and O–H groups in total. The third-order valence-electron chi connectivity index (χ3n) is 12.7. The Bertz CT molecular complexity index is 3390. The van der Waals surface area contributed by atoms with Gasteiger partial charge in [-0.05, 0) is 74.2 Å². The Labute approximate surface area is 405 Å². The number of carboxylic acid groups (broad SMARTS) is 1. The maximum Gasteiger partial charge on any atom is 0.338 e. The molecule has 0 bridgehead atoms. The van der Waals surface area contributed by atoms with E-state index in [1.165, 1.54) is 18.9 Å². The smallest absolute Gasteiger partial charge is 0.338 e. The fourth-order valence-electron chi connectivity index (χ4n) is 9.79. The summed E-state index contributed by atoms with van der Waals surface area (Å²) in [5.41, 5.74) is 10.0. The Kier molecular flexibility index (Phi) is 13.2. The van der Waals surface area contributed by atoms with Crippen molar-refractivity contribution in [1.29, 1.82) is 0 Å². The number of aromatic carboxylic acids is 1. The Morgan fingerprint density at radius 2 is 1.19 bits per heavy atom. The summed E-state index contributed by atoms with van der Waals surface area (Å²) in [6.07, 6.45) is 13.7. The minimum atomic E-state index is -1.03. The number of rotatable bonds is 8. The van der Waals surface area contributed by atoms with Crippen LogP contribution in [0.3, 0.4) is 0 Å². The second-order valence-electron chi connectivity index (χ2n) is 16.3. The maximum absolute atomic E-state index is 13.5. The number of hydrogen-bond acceptors (Lipinski definition) is 12. The molecule has 1 saturated carbocycles. The van der Waals surface area contributed by atoms with E-state index in [-0.39, 0.29) is 67.7 Å². The van der Waals surface area contributed by atoms with Crippen molar-refractivity contribution in [1.82, 2.24) is 64.4 Å². The number of primary amides is 1. The van der Waals surface area contributed by atoms with Crippen LogP contribution in [0.5, 0.6) is 0 Å². The molecule has 2 aliphatic rings. The summed E-state index contributed by atoms with van der Waals surface area (Å²) in [4.78, 5) is 76.5. The molecule has 8 aromatic heterocycles. The molecular formula is C47H47N15O5S2. The van der Waals surface area contributed by atoms with Gasteiger partial charge < -0.3 is 31.9 Å². The maximum atomic E-state index is 13.5. The van der Waals surface area contributed by atoms with Crippen LogP contribution in [0.2, 0.25) is 0 Å². The van der Waals surface area contributed by atoms with Crippen LogP contribution in [-0.2, 0) is 0 Å². The van der Waals surface area contributed by atoms with Gasteiger partial charge in [0.05, 0.1) is 45.0 Å². The lowest BCUT2D eigenvalue weighted by molar-refractivity contribution is 0.0698. The summed E-state index contributed by atoms with van der Waals surface area (Å²) in [7, 11) is 0. The number of amides is 1. The first-order chi connectivity index (χ1) is 32.3. The Balaban J connectivity index is 0.000000178. The molecule has 1 aliphatic carbocycles. The number of carbonyl (C=O) groups excluding carboxylic acids is 1. The van der Waals surface area contributed by atoms with Gasteiger partial charge in [-0.1, -0.05) is 42.8 Å². The first-order valence-electron chi connectivity index (χ1n) is 21.5. The van der Waals surface area contributed by atoms with E-state index in [0.717, 1.165) is 43.5 Å². The molecular weight excluding hydrogens is 919 g/mol. The van der Waals surface area contributed by atoms with E-state index in [2.05, 4.69) is 34.8 Å². The number of para-hydroxylation sites is 2. The molecule has 10 aromatic rings. The highest BCUT2D eigenvalue weighted by Gasteiger charge is 2.38. The van der Waals surface area contributed by atoms with E-state index in [1.54, 1.807) is 48.9 Å². The quantitative estimate of drug-likeness (QED) is 0.115. The van der Waals surface area contributed by atoms with E-state index in [9.17, 15) is 24.3 Å². The molecule has 1 amide bonds. The van der Waals surface area contributed by atoms with Gasteiger partial charge in [-0.25, -0.2) is 33.8 Å². The third-order valence-corrected chi connectivity index (χ3v) is 12.7. The lowest BCUT2D eigenvalue weighted by Gasteiger charge is -2.27. The number of nitrogens with one attached hydrogen (secondary N) is 2. The minimum Gasteiger partial charge on any atom is -0.478 e. The van der Waals surface area contributed by atoms with Gasteiger partial charge in [0.2, 0.25) is 0 Å². The zero-order valence-corrected chi connectivity index (χ0v) is 38.8. The summed E-state index contributed by atoms with van der Waals surface area (Å²) >= 11 is 0. The average molecular weight is 966 g/mol. The molecule has 352 valence electrons. The Hall–Kier alpha value is -8.08. The van der Waals surface area contributed by atoms with Crippen molar-refractivity contribution < 1.29 is 14.7 Å². The first-order valence-corrected chi connectivity index (χ1v) is 21.5. The van der Waals surface area contributed by atoms with E-state index >= 15 is 0 Å². The summed E-state index contributed by atoms with van der Waals surface area (Å²) < 4.78 is 6.60. The average Bonchev–Trinajstić information content (AvgIpc) is 4.20. The normalized spacial score (nSPS) is 16.5. The second-order valence-corrected chi connectivity index (χ2v) is 16.3. The van der Waals surface area contributed by atoms with Crippen molar-refractivity contribution in [3.63, 3.8) is 0 Å². The molecule has 1 unspecified atom stereocenters. The van der Waals surface area contributed by atoms with Gasteiger partial charge in [-0.3, -0.25) is 23.5 Å². The molecule has 0 radical (unpaired) electrons. The van der Waals surface area contributed by atoms with E-state index in [0.29, 0.717) is 68.4 Å². The molecule has 22 heteroatoms. The van der Waals surface area contributed by atoms with Crippen molar-refractivity contribution in [3.05, 3.63) is 172 Å². The van der Waals surface area contributed by atoms with Crippen LogP contribution in [0.25, 0.3) is 44.5 Å². The van der Waals surface area contributed by atoms with Crippen LogP contribution in [-0.4, -0.2) is 81.8 Å². The van der Waals surface area contributed by atoms with Gasteiger partial charge in [0, 0.05) is 43.2 Å². The van der Waals surface area contributed by atoms with Gasteiger partial charge in [0.1, 0.15) is 46.6 Å². The number of nitrogens with two attached hydrogens (primary N) is 1. The highest BCUT2D eigenvalue weighted by atomic mass is 32.1. The van der Waals surface area contributed by atoms with Crippen molar-refractivity contribution in [2.45, 2.75) is 50.0 Å². The lowest BCUT2D eigenvalue weighted by atomic mass is 9.89. The molecule has 3 atom stereocenters. The summed E-state index contributed by atoms with van der Waals surface area (Å²) in [6.45, 7) is 0.689. The van der Waals surface area contributed by atoms with Crippen molar-refractivity contribution in [2.75, 3.05) is 11.4 Å². The monoisotopic (exact) mass is 965 g/mol. The number of aromatic nitrogens is 12.